The van der Waals surface area contributed by atoms with Crippen molar-refractivity contribution in [3.05, 3.63) is 35.4 Å². The maximum atomic E-state index is 5.94. The molecule has 1 aliphatic carbocycles. The summed E-state index contributed by atoms with van der Waals surface area (Å²) in [6, 6.07) is 6.17. The summed E-state index contributed by atoms with van der Waals surface area (Å²) in [5.41, 5.74) is 10.7. The average Bonchev–Trinajstić information content (AvgIpc) is 2.74. The quantitative estimate of drug-likeness (QED) is 0.597. The van der Waals surface area contributed by atoms with Gasteiger partial charge in [-0.2, -0.15) is 0 Å². The van der Waals surface area contributed by atoms with E-state index in [1.807, 2.05) is 6.07 Å². The summed E-state index contributed by atoms with van der Waals surface area (Å²) in [7, 11) is 0. The zero-order chi connectivity index (χ0) is 11.4. The van der Waals surface area contributed by atoms with Crippen LogP contribution in [-0.2, 0) is 0 Å². The Kier molecular flexibility index (Phi) is 3.50. The van der Waals surface area contributed by atoms with Crippen molar-refractivity contribution in [3.63, 3.8) is 0 Å². The Balaban J connectivity index is 1.84. The lowest BCUT2D eigenvalue weighted by molar-refractivity contribution is 0.863. The van der Waals surface area contributed by atoms with Crippen molar-refractivity contribution in [3.8, 4) is 0 Å². The van der Waals surface area contributed by atoms with Crippen LogP contribution in [0.3, 0.4) is 0 Å². The number of nitrogens with one attached hydrogen (secondary N) is 1. The molecule has 0 saturated heterocycles. The van der Waals surface area contributed by atoms with Gasteiger partial charge in [-0.25, -0.2) is 0 Å². The first kappa shape index (κ1) is 11.1. The molecule has 2 nitrogen and oxygen atoms in total. The summed E-state index contributed by atoms with van der Waals surface area (Å²) >= 11 is 0. The maximum absolute atomic E-state index is 5.94. The highest BCUT2D eigenvalue weighted by atomic mass is 14.9. The van der Waals surface area contributed by atoms with E-state index in [1.165, 1.54) is 24.8 Å². The monoisotopic (exact) mass is 216 g/mol. The van der Waals surface area contributed by atoms with Crippen molar-refractivity contribution < 1.29 is 0 Å². The van der Waals surface area contributed by atoms with Crippen LogP contribution in [0, 0.1) is 6.92 Å². The Morgan fingerprint density at radius 1 is 1.38 bits per heavy atom. The zero-order valence-corrected chi connectivity index (χ0v) is 9.92. The molecule has 86 valence electrons. The van der Waals surface area contributed by atoms with Crippen LogP contribution in [0.5, 0.6) is 0 Å². The molecule has 0 fully saturated rings. The van der Waals surface area contributed by atoms with Crippen molar-refractivity contribution >= 4 is 11.4 Å². The number of benzene rings is 1. The van der Waals surface area contributed by atoms with Crippen molar-refractivity contribution in [2.24, 2.45) is 0 Å². The minimum Gasteiger partial charge on any atom is -0.397 e. The van der Waals surface area contributed by atoms with Crippen LogP contribution in [0.4, 0.5) is 11.4 Å². The molecule has 0 saturated carbocycles. The van der Waals surface area contributed by atoms with Gasteiger partial charge in [0.2, 0.25) is 0 Å². The predicted molar refractivity (Wildman–Crippen MR) is 70.6 cm³/mol. The van der Waals surface area contributed by atoms with Gasteiger partial charge in [-0.15, -0.1) is 0 Å². The van der Waals surface area contributed by atoms with E-state index >= 15 is 0 Å². The van der Waals surface area contributed by atoms with Gasteiger partial charge in [0, 0.05) is 6.54 Å². The van der Waals surface area contributed by atoms with Crippen LogP contribution in [0.25, 0.3) is 0 Å². The Morgan fingerprint density at radius 3 is 2.94 bits per heavy atom. The highest BCUT2D eigenvalue weighted by Gasteiger charge is 2.04. The number of hydrogen-bond donors (Lipinski definition) is 2. The van der Waals surface area contributed by atoms with Gasteiger partial charge in [-0.3, -0.25) is 0 Å². The Labute approximate surface area is 97.5 Å². The van der Waals surface area contributed by atoms with E-state index in [9.17, 15) is 0 Å². The predicted octanol–water partition coefficient (Wildman–Crippen LogP) is 3.49. The Bertz CT molecular complexity index is 394. The summed E-state index contributed by atoms with van der Waals surface area (Å²) in [5, 5.41) is 3.40. The third-order valence-corrected chi connectivity index (χ3v) is 3.10. The summed E-state index contributed by atoms with van der Waals surface area (Å²) in [6.07, 6.45) is 7.41. The topological polar surface area (TPSA) is 38.0 Å². The largest absolute Gasteiger partial charge is 0.397 e. The highest BCUT2D eigenvalue weighted by Crippen LogP contribution is 2.22. The molecule has 0 bridgehead atoms. The van der Waals surface area contributed by atoms with Crippen molar-refractivity contribution in [2.75, 3.05) is 17.6 Å². The van der Waals surface area contributed by atoms with E-state index in [1.54, 1.807) is 5.57 Å². The fourth-order valence-corrected chi connectivity index (χ4v) is 2.17. The highest BCUT2D eigenvalue weighted by molar-refractivity contribution is 5.66. The first-order chi connectivity index (χ1) is 7.75. The zero-order valence-electron chi connectivity index (χ0n) is 9.92. The van der Waals surface area contributed by atoms with Crippen LogP contribution >= 0.6 is 0 Å². The number of anilines is 2. The van der Waals surface area contributed by atoms with Crippen LogP contribution in [0.1, 0.15) is 31.2 Å². The molecular formula is C14H20N2. The van der Waals surface area contributed by atoms with E-state index in [-0.39, 0.29) is 0 Å². The number of aryl methyl sites for hydroxylation is 1. The van der Waals surface area contributed by atoms with Gasteiger partial charge in [-0.1, -0.05) is 17.7 Å². The van der Waals surface area contributed by atoms with Gasteiger partial charge in [0.05, 0.1) is 11.4 Å². The van der Waals surface area contributed by atoms with Gasteiger partial charge in [0.15, 0.2) is 0 Å². The second-order valence-corrected chi connectivity index (χ2v) is 4.52. The minimum atomic E-state index is 0.848. The van der Waals surface area contributed by atoms with Gasteiger partial charge in [-0.05, 0) is 50.3 Å². The molecule has 0 atom stereocenters. The lowest BCUT2D eigenvalue weighted by Crippen LogP contribution is -2.04. The first-order valence-corrected chi connectivity index (χ1v) is 6.03. The van der Waals surface area contributed by atoms with Crippen molar-refractivity contribution in [2.45, 2.75) is 32.6 Å². The number of hydrogen-bond acceptors (Lipinski definition) is 2. The molecule has 1 aromatic carbocycles. The van der Waals surface area contributed by atoms with E-state index in [0.29, 0.717) is 0 Å². The normalized spacial score (nSPS) is 14.9. The van der Waals surface area contributed by atoms with Crippen molar-refractivity contribution in [1.29, 1.82) is 0 Å². The molecule has 0 unspecified atom stereocenters. The lowest BCUT2D eigenvalue weighted by Gasteiger charge is -2.10. The third-order valence-electron chi connectivity index (χ3n) is 3.10. The number of rotatable bonds is 4. The Morgan fingerprint density at radius 2 is 2.25 bits per heavy atom. The van der Waals surface area contributed by atoms with Gasteiger partial charge >= 0.3 is 0 Å². The molecule has 0 aliphatic heterocycles. The van der Waals surface area contributed by atoms with E-state index in [4.69, 9.17) is 5.73 Å². The summed E-state index contributed by atoms with van der Waals surface area (Å²) < 4.78 is 0. The van der Waals surface area contributed by atoms with Crippen molar-refractivity contribution in [1.82, 2.24) is 0 Å². The molecule has 0 radical (unpaired) electrons. The molecule has 1 aliphatic rings. The molecule has 0 aromatic heterocycles. The average molecular weight is 216 g/mol. The number of allylic oxidation sites excluding steroid dienone is 1. The smallest absolute Gasteiger partial charge is 0.0574 e. The molecule has 0 spiro atoms. The molecule has 1 aromatic rings. The van der Waals surface area contributed by atoms with E-state index in [0.717, 1.165) is 24.3 Å². The Hall–Kier alpha value is -1.44. The third kappa shape index (κ3) is 2.78. The fraction of sp³-hybridized carbons (Fsp3) is 0.429. The minimum absolute atomic E-state index is 0.848. The fourth-order valence-electron chi connectivity index (χ4n) is 2.17. The second kappa shape index (κ2) is 5.06. The molecule has 0 amide bonds. The molecule has 3 N–H and O–H groups in total. The van der Waals surface area contributed by atoms with Gasteiger partial charge in [0.25, 0.3) is 0 Å². The van der Waals surface area contributed by atoms with Crippen LogP contribution < -0.4 is 11.1 Å². The summed E-state index contributed by atoms with van der Waals surface area (Å²) in [4.78, 5) is 0. The van der Waals surface area contributed by atoms with E-state index < -0.39 is 0 Å². The van der Waals surface area contributed by atoms with Crippen LogP contribution in [-0.4, -0.2) is 6.54 Å². The first-order valence-electron chi connectivity index (χ1n) is 6.03. The van der Waals surface area contributed by atoms with E-state index in [2.05, 4.69) is 30.4 Å². The summed E-state index contributed by atoms with van der Waals surface area (Å²) in [6.45, 7) is 3.04. The van der Waals surface area contributed by atoms with Gasteiger partial charge < -0.3 is 11.1 Å². The standard InChI is InChI=1S/C14H20N2/c1-11-6-7-14(13(15)10-11)16-9-8-12-4-2-3-5-12/h4,6-7,10,16H,2-3,5,8-9,15H2,1H3. The maximum Gasteiger partial charge on any atom is 0.0574 e. The number of nitrogen functional groups attached to an aromatic ring is 1. The molecule has 2 rings (SSSR count). The second-order valence-electron chi connectivity index (χ2n) is 4.52. The lowest BCUT2D eigenvalue weighted by atomic mass is 10.1. The number of nitrogens with two attached hydrogens (primary N) is 1. The molecule has 2 heteroatoms. The van der Waals surface area contributed by atoms with Crippen LogP contribution in [0.15, 0.2) is 29.8 Å². The molecular weight excluding hydrogens is 196 g/mol. The van der Waals surface area contributed by atoms with Gasteiger partial charge in [0.1, 0.15) is 0 Å². The summed E-state index contributed by atoms with van der Waals surface area (Å²) in [5.74, 6) is 0. The molecule has 16 heavy (non-hydrogen) atoms. The SMILES string of the molecule is Cc1ccc(NCCC2=CCCC2)c(N)c1. The molecule has 0 heterocycles. The van der Waals surface area contributed by atoms with Crippen LogP contribution in [0.2, 0.25) is 0 Å².